The van der Waals surface area contributed by atoms with Crippen molar-refractivity contribution >= 4 is 0 Å². The maximum Gasteiger partial charge on any atom is 0.128 e. The number of hydrogen-bond acceptors (Lipinski definition) is 2. The molecule has 2 rings (SSSR count). The van der Waals surface area contributed by atoms with Crippen LogP contribution >= 0.6 is 0 Å². The van der Waals surface area contributed by atoms with E-state index in [0.717, 1.165) is 18.2 Å². The van der Waals surface area contributed by atoms with Crippen molar-refractivity contribution in [2.75, 3.05) is 6.61 Å². The lowest BCUT2D eigenvalue weighted by Crippen LogP contribution is -2.15. The van der Waals surface area contributed by atoms with Crippen LogP contribution in [0, 0.1) is 11.6 Å². The number of nitrogens with two attached hydrogens (primary N) is 1. The van der Waals surface area contributed by atoms with Gasteiger partial charge in [-0.3, -0.25) is 0 Å². The molecule has 0 radical (unpaired) electrons. The summed E-state index contributed by atoms with van der Waals surface area (Å²) in [4.78, 5) is 0. The Bertz CT molecular complexity index is 572. The Balaban J connectivity index is 2.43. The smallest absolute Gasteiger partial charge is 0.128 e. The maximum absolute atomic E-state index is 13.7. The van der Waals surface area contributed by atoms with E-state index in [4.69, 9.17) is 10.5 Å². The maximum atomic E-state index is 13.7. The van der Waals surface area contributed by atoms with E-state index >= 15 is 0 Å². The van der Waals surface area contributed by atoms with Gasteiger partial charge in [0, 0.05) is 11.1 Å². The highest BCUT2D eigenvalue weighted by Gasteiger charge is 2.18. The minimum Gasteiger partial charge on any atom is -0.494 e. The molecule has 0 aliphatic carbocycles. The standard InChI is InChI=1S/C15H15F2NO/c1-2-19-14-6-4-3-5-11(14)15(18)12-9-10(16)7-8-13(12)17/h3-9,15H,2,18H2,1H3. The topological polar surface area (TPSA) is 35.2 Å². The van der Waals surface area contributed by atoms with E-state index in [-0.39, 0.29) is 5.56 Å². The first kappa shape index (κ1) is 13.5. The minimum atomic E-state index is -0.765. The van der Waals surface area contributed by atoms with Crippen LogP contribution in [0.25, 0.3) is 0 Å². The van der Waals surface area contributed by atoms with Crippen LogP contribution in [0.5, 0.6) is 5.75 Å². The van der Waals surface area contributed by atoms with Gasteiger partial charge in [0.15, 0.2) is 0 Å². The van der Waals surface area contributed by atoms with Gasteiger partial charge in [0.05, 0.1) is 12.6 Å². The van der Waals surface area contributed by atoms with Crippen molar-refractivity contribution in [1.82, 2.24) is 0 Å². The summed E-state index contributed by atoms with van der Waals surface area (Å²) in [5, 5.41) is 0. The molecule has 19 heavy (non-hydrogen) atoms. The van der Waals surface area contributed by atoms with Crippen molar-refractivity contribution in [3.63, 3.8) is 0 Å². The quantitative estimate of drug-likeness (QED) is 0.917. The number of benzene rings is 2. The Morgan fingerprint density at radius 3 is 2.58 bits per heavy atom. The first-order chi connectivity index (χ1) is 9.13. The monoisotopic (exact) mass is 263 g/mol. The molecule has 0 aliphatic heterocycles. The van der Waals surface area contributed by atoms with Crippen LogP contribution in [-0.2, 0) is 0 Å². The molecule has 2 N–H and O–H groups in total. The zero-order chi connectivity index (χ0) is 13.8. The number of para-hydroxylation sites is 1. The van der Waals surface area contributed by atoms with Crippen molar-refractivity contribution in [3.05, 3.63) is 65.2 Å². The number of hydrogen-bond donors (Lipinski definition) is 1. The molecule has 1 atom stereocenters. The van der Waals surface area contributed by atoms with E-state index in [9.17, 15) is 8.78 Å². The molecule has 0 saturated heterocycles. The normalized spacial score (nSPS) is 12.2. The number of halogens is 2. The molecular formula is C15H15F2NO. The molecule has 0 bridgehead atoms. The summed E-state index contributed by atoms with van der Waals surface area (Å²) in [7, 11) is 0. The third-order valence-electron chi connectivity index (χ3n) is 2.85. The summed E-state index contributed by atoms with van der Waals surface area (Å²) in [5.74, 6) is -0.456. The summed E-state index contributed by atoms with van der Waals surface area (Å²) in [5.41, 5.74) is 6.78. The fourth-order valence-electron chi connectivity index (χ4n) is 1.94. The van der Waals surface area contributed by atoms with Crippen LogP contribution in [0.3, 0.4) is 0 Å². The van der Waals surface area contributed by atoms with E-state index in [2.05, 4.69) is 0 Å². The van der Waals surface area contributed by atoms with Crippen LogP contribution in [0.4, 0.5) is 8.78 Å². The van der Waals surface area contributed by atoms with Gasteiger partial charge in [-0.25, -0.2) is 8.78 Å². The summed E-state index contributed by atoms with van der Waals surface area (Å²) in [6.45, 7) is 2.33. The van der Waals surface area contributed by atoms with Crippen LogP contribution in [0.15, 0.2) is 42.5 Å². The van der Waals surface area contributed by atoms with E-state index < -0.39 is 17.7 Å². The van der Waals surface area contributed by atoms with Gasteiger partial charge in [-0.15, -0.1) is 0 Å². The lowest BCUT2D eigenvalue weighted by molar-refractivity contribution is 0.335. The molecule has 1 unspecified atom stereocenters. The average molecular weight is 263 g/mol. The van der Waals surface area contributed by atoms with E-state index in [0.29, 0.717) is 17.9 Å². The largest absolute Gasteiger partial charge is 0.494 e. The van der Waals surface area contributed by atoms with E-state index in [1.165, 1.54) is 0 Å². The molecule has 4 heteroatoms. The molecule has 0 fully saturated rings. The minimum absolute atomic E-state index is 0.118. The molecule has 2 aromatic carbocycles. The summed E-state index contributed by atoms with van der Waals surface area (Å²) in [6, 6.07) is 9.60. The molecule has 2 aromatic rings. The Morgan fingerprint density at radius 1 is 1.11 bits per heavy atom. The first-order valence-electron chi connectivity index (χ1n) is 6.05. The zero-order valence-electron chi connectivity index (χ0n) is 10.6. The van der Waals surface area contributed by atoms with Crippen molar-refractivity contribution in [2.24, 2.45) is 5.73 Å². The molecule has 100 valence electrons. The second-order valence-corrected chi connectivity index (χ2v) is 4.11. The predicted molar refractivity (Wildman–Crippen MR) is 70.0 cm³/mol. The van der Waals surface area contributed by atoms with Crippen molar-refractivity contribution in [3.8, 4) is 5.75 Å². The van der Waals surface area contributed by atoms with Gasteiger partial charge in [0.1, 0.15) is 17.4 Å². The summed E-state index contributed by atoms with van der Waals surface area (Å²) >= 11 is 0. The number of ether oxygens (including phenoxy) is 1. The van der Waals surface area contributed by atoms with Gasteiger partial charge in [-0.2, -0.15) is 0 Å². The fraction of sp³-hybridized carbons (Fsp3) is 0.200. The Kier molecular flexibility index (Phi) is 4.12. The Hall–Kier alpha value is -1.94. The van der Waals surface area contributed by atoms with Gasteiger partial charge in [0.2, 0.25) is 0 Å². The average Bonchev–Trinajstić information content (AvgIpc) is 2.42. The number of rotatable bonds is 4. The highest BCUT2D eigenvalue weighted by molar-refractivity contribution is 5.41. The molecule has 0 spiro atoms. The van der Waals surface area contributed by atoms with Gasteiger partial charge in [-0.05, 0) is 31.2 Å². The second-order valence-electron chi connectivity index (χ2n) is 4.11. The third kappa shape index (κ3) is 2.90. The van der Waals surface area contributed by atoms with Gasteiger partial charge in [0.25, 0.3) is 0 Å². The third-order valence-corrected chi connectivity index (χ3v) is 2.85. The summed E-state index contributed by atoms with van der Waals surface area (Å²) < 4.78 is 32.4. The van der Waals surface area contributed by atoms with Crippen molar-refractivity contribution in [2.45, 2.75) is 13.0 Å². The Morgan fingerprint density at radius 2 is 1.84 bits per heavy atom. The molecule has 0 aliphatic rings. The Labute approximate surface area is 110 Å². The van der Waals surface area contributed by atoms with Crippen LogP contribution in [0.1, 0.15) is 24.1 Å². The molecule has 0 saturated carbocycles. The fourth-order valence-corrected chi connectivity index (χ4v) is 1.94. The zero-order valence-corrected chi connectivity index (χ0v) is 10.6. The predicted octanol–water partition coefficient (Wildman–Crippen LogP) is 3.41. The molecular weight excluding hydrogens is 248 g/mol. The van der Waals surface area contributed by atoms with Crippen molar-refractivity contribution < 1.29 is 13.5 Å². The highest BCUT2D eigenvalue weighted by atomic mass is 19.1. The van der Waals surface area contributed by atoms with Gasteiger partial charge < -0.3 is 10.5 Å². The van der Waals surface area contributed by atoms with Gasteiger partial charge >= 0.3 is 0 Å². The SMILES string of the molecule is CCOc1ccccc1C(N)c1cc(F)ccc1F. The van der Waals surface area contributed by atoms with E-state index in [1.807, 2.05) is 13.0 Å². The summed E-state index contributed by atoms with van der Waals surface area (Å²) in [6.07, 6.45) is 0. The molecule has 0 heterocycles. The molecule has 0 amide bonds. The van der Waals surface area contributed by atoms with E-state index in [1.54, 1.807) is 18.2 Å². The van der Waals surface area contributed by atoms with Crippen LogP contribution in [-0.4, -0.2) is 6.61 Å². The molecule has 2 nitrogen and oxygen atoms in total. The highest BCUT2D eigenvalue weighted by Crippen LogP contribution is 2.29. The van der Waals surface area contributed by atoms with Gasteiger partial charge in [-0.1, -0.05) is 18.2 Å². The van der Waals surface area contributed by atoms with Crippen LogP contribution < -0.4 is 10.5 Å². The molecule has 0 aromatic heterocycles. The first-order valence-corrected chi connectivity index (χ1v) is 6.05. The van der Waals surface area contributed by atoms with Crippen molar-refractivity contribution in [1.29, 1.82) is 0 Å². The second kappa shape index (κ2) is 5.80. The van der Waals surface area contributed by atoms with Crippen LogP contribution in [0.2, 0.25) is 0 Å². The lowest BCUT2D eigenvalue weighted by Gasteiger charge is -2.17. The lowest BCUT2D eigenvalue weighted by atomic mass is 9.98.